The lowest BCUT2D eigenvalue weighted by atomic mass is 9.86. The number of aryl methyl sites for hydroxylation is 2. The van der Waals surface area contributed by atoms with E-state index in [0.717, 1.165) is 40.9 Å². The molecule has 0 aliphatic heterocycles. The zero-order valence-corrected chi connectivity index (χ0v) is 15.9. The highest BCUT2D eigenvalue weighted by molar-refractivity contribution is 6.30. The van der Waals surface area contributed by atoms with Crippen molar-refractivity contribution in [2.75, 3.05) is 5.73 Å². The second-order valence-electron chi connectivity index (χ2n) is 6.36. The predicted octanol–water partition coefficient (Wildman–Crippen LogP) is 4.92. The van der Waals surface area contributed by atoms with E-state index in [2.05, 4.69) is 9.97 Å². The molecule has 1 aliphatic rings. The fourth-order valence-corrected chi connectivity index (χ4v) is 3.27. The summed E-state index contributed by atoms with van der Waals surface area (Å²) in [4.78, 5) is 17.7. The number of nitrogens with zero attached hydrogens (tertiary/aromatic N) is 2. The molecule has 3 aromatic rings. The zero-order valence-electron chi connectivity index (χ0n) is 15.2. The Morgan fingerprint density at radius 1 is 1.07 bits per heavy atom. The summed E-state index contributed by atoms with van der Waals surface area (Å²) in [6.07, 6.45) is -3.44. The summed E-state index contributed by atoms with van der Waals surface area (Å²) in [7, 11) is 0. The topological polar surface area (TPSA) is 89.1 Å². The standard InChI is InChI=1S/C18H13ClFN3.C2HF3O2/c19-12-4-7-14-11(9-12)3-8-15-16(14)17(23-18(21)22-15)10-1-5-13(20)6-2-10;3-2(4,5)1(6)7/h1-2,4-7,9H,3,8H2,(H2,21,22,23);(H,6,7). The molecule has 10 heteroatoms. The first-order valence-electron chi connectivity index (χ1n) is 8.57. The Labute approximate surface area is 173 Å². The van der Waals surface area contributed by atoms with Crippen molar-refractivity contribution in [1.29, 1.82) is 0 Å². The molecule has 1 aliphatic carbocycles. The summed E-state index contributed by atoms with van der Waals surface area (Å²) in [6.45, 7) is 0. The number of nitrogens with two attached hydrogens (primary N) is 1. The first-order chi connectivity index (χ1) is 14.1. The molecule has 5 nitrogen and oxygen atoms in total. The number of benzene rings is 2. The van der Waals surface area contributed by atoms with Gasteiger partial charge in [-0.1, -0.05) is 17.7 Å². The van der Waals surface area contributed by atoms with E-state index in [1.807, 2.05) is 18.2 Å². The van der Waals surface area contributed by atoms with Crippen LogP contribution in [0.5, 0.6) is 0 Å². The second kappa shape index (κ2) is 8.27. The molecular weight excluding hydrogens is 426 g/mol. The molecule has 0 radical (unpaired) electrons. The number of anilines is 1. The Kier molecular flexibility index (Phi) is 5.93. The van der Waals surface area contributed by atoms with Crippen molar-refractivity contribution >= 4 is 23.5 Å². The van der Waals surface area contributed by atoms with Crippen molar-refractivity contribution in [1.82, 2.24) is 9.97 Å². The number of hydrogen-bond acceptors (Lipinski definition) is 4. The van der Waals surface area contributed by atoms with Crippen LogP contribution in [-0.4, -0.2) is 27.2 Å². The van der Waals surface area contributed by atoms with Gasteiger partial charge < -0.3 is 10.8 Å². The molecule has 0 bridgehead atoms. The highest BCUT2D eigenvalue weighted by Crippen LogP contribution is 2.40. The van der Waals surface area contributed by atoms with E-state index in [0.29, 0.717) is 5.02 Å². The maximum Gasteiger partial charge on any atom is 0.490 e. The van der Waals surface area contributed by atoms with E-state index >= 15 is 0 Å². The average molecular weight is 440 g/mol. The minimum atomic E-state index is -5.08. The van der Waals surface area contributed by atoms with Gasteiger partial charge in [-0.3, -0.25) is 0 Å². The van der Waals surface area contributed by atoms with Crippen LogP contribution >= 0.6 is 11.6 Å². The number of rotatable bonds is 1. The highest BCUT2D eigenvalue weighted by Gasteiger charge is 2.38. The van der Waals surface area contributed by atoms with E-state index in [9.17, 15) is 17.6 Å². The van der Waals surface area contributed by atoms with Gasteiger partial charge in [-0.25, -0.2) is 19.2 Å². The first kappa shape index (κ1) is 21.5. The van der Waals surface area contributed by atoms with Crippen molar-refractivity contribution in [3.63, 3.8) is 0 Å². The van der Waals surface area contributed by atoms with Gasteiger partial charge in [0.25, 0.3) is 0 Å². The third-order valence-corrected chi connectivity index (χ3v) is 4.56. The van der Waals surface area contributed by atoms with E-state index in [1.165, 1.54) is 17.7 Å². The van der Waals surface area contributed by atoms with Crippen LogP contribution in [0.15, 0.2) is 42.5 Å². The molecule has 0 saturated carbocycles. The number of nitrogen functional groups attached to an aromatic ring is 1. The molecule has 156 valence electrons. The molecule has 0 saturated heterocycles. The fraction of sp³-hybridized carbons (Fsp3) is 0.150. The van der Waals surface area contributed by atoms with Crippen molar-refractivity contribution in [2.45, 2.75) is 19.0 Å². The van der Waals surface area contributed by atoms with E-state index in [4.69, 9.17) is 27.2 Å². The number of carboxylic acids is 1. The summed E-state index contributed by atoms with van der Waals surface area (Å²) < 4.78 is 45.0. The van der Waals surface area contributed by atoms with Crippen LogP contribution in [0.4, 0.5) is 23.5 Å². The highest BCUT2D eigenvalue weighted by atomic mass is 35.5. The summed E-state index contributed by atoms with van der Waals surface area (Å²) in [6, 6.07) is 12.1. The SMILES string of the molecule is Nc1nc2c(c(-c3ccc(F)cc3)n1)-c1ccc(Cl)cc1CC2.O=C(O)C(F)(F)F. The number of carbonyl (C=O) groups is 1. The molecule has 30 heavy (non-hydrogen) atoms. The Morgan fingerprint density at radius 3 is 2.30 bits per heavy atom. The molecular formula is C20H14ClF4N3O2. The van der Waals surface area contributed by atoms with Crippen LogP contribution < -0.4 is 5.73 Å². The lowest BCUT2D eigenvalue weighted by Gasteiger charge is -2.22. The largest absolute Gasteiger partial charge is 0.490 e. The van der Waals surface area contributed by atoms with Gasteiger partial charge in [0.15, 0.2) is 0 Å². The minimum absolute atomic E-state index is 0.237. The molecule has 0 atom stereocenters. The number of halogens is 5. The lowest BCUT2D eigenvalue weighted by Crippen LogP contribution is -2.21. The number of aliphatic carboxylic acids is 1. The number of hydrogen-bond donors (Lipinski definition) is 2. The summed E-state index contributed by atoms with van der Waals surface area (Å²) in [5.41, 5.74) is 11.5. The van der Waals surface area contributed by atoms with Gasteiger partial charge >= 0.3 is 12.1 Å². The molecule has 1 heterocycles. The number of alkyl halides is 3. The van der Waals surface area contributed by atoms with Crippen molar-refractivity contribution in [3.05, 3.63) is 64.6 Å². The minimum Gasteiger partial charge on any atom is -0.475 e. The molecule has 2 aromatic carbocycles. The van der Waals surface area contributed by atoms with Gasteiger partial charge in [0.1, 0.15) is 5.82 Å². The number of fused-ring (bicyclic) bond motifs is 3. The monoisotopic (exact) mass is 439 g/mol. The molecule has 0 unspecified atom stereocenters. The van der Waals surface area contributed by atoms with Crippen LogP contribution in [-0.2, 0) is 17.6 Å². The van der Waals surface area contributed by atoms with Crippen LogP contribution in [0.3, 0.4) is 0 Å². The lowest BCUT2D eigenvalue weighted by molar-refractivity contribution is -0.192. The third kappa shape index (κ3) is 4.68. The van der Waals surface area contributed by atoms with Gasteiger partial charge in [-0.2, -0.15) is 13.2 Å². The van der Waals surface area contributed by atoms with Crippen molar-refractivity contribution in [3.8, 4) is 22.4 Å². The van der Waals surface area contributed by atoms with Gasteiger partial charge in [0.2, 0.25) is 5.95 Å². The number of aromatic nitrogens is 2. The quantitative estimate of drug-likeness (QED) is 0.525. The van der Waals surface area contributed by atoms with E-state index in [-0.39, 0.29) is 11.8 Å². The maximum absolute atomic E-state index is 13.2. The molecule has 4 rings (SSSR count). The molecule has 0 amide bonds. The van der Waals surface area contributed by atoms with Gasteiger partial charge in [-0.05, 0) is 60.4 Å². The summed E-state index contributed by atoms with van der Waals surface area (Å²) in [5.74, 6) is -2.80. The third-order valence-electron chi connectivity index (χ3n) is 4.33. The Balaban J connectivity index is 0.000000318. The summed E-state index contributed by atoms with van der Waals surface area (Å²) in [5, 5.41) is 7.84. The van der Waals surface area contributed by atoms with E-state index in [1.54, 1.807) is 12.1 Å². The van der Waals surface area contributed by atoms with Crippen LogP contribution in [0.2, 0.25) is 5.02 Å². The Morgan fingerprint density at radius 2 is 1.70 bits per heavy atom. The zero-order chi connectivity index (χ0) is 22.1. The molecule has 3 N–H and O–H groups in total. The van der Waals surface area contributed by atoms with Gasteiger partial charge in [0, 0.05) is 16.1 Å². The first-order valence-corrected chi connectivity index (χ1v) is 8.95. The maximum atomic E-state index is 13.2. The van der Waals surface area contributed by atoms with E-state index < -0.39 is 12.1 Å². The summed E-state index contributed by atoms with van der Waals surface area (Å²) >= 11 is 6.11. The molecule has 1 aromatic heterocycles. The van der Waals surface area contributed by atoms with Crippen LogP contribution in [0, 0.1) is 5.82 Å². The van der Waals surface area contributed by atoms with Crippen molar-refractivity contribution in [2.24, 2.45) is 0 Å². The van der Waals surface area contributed by atoms with Gasteiger partial charge in [-0.15, -0.1) is 0 Å². The Bertz CT molecular complexity index is 1100. The predicted molar refractivity (Wildman–Crippen MR) is 103 cm³/mol. The number of carboxylic acid groups (broad SMARTS) is 1. The Hall–Kier alpha value is -3.20. The van der Waals surface area contributed by atoms with Gasteiger partial charge in [0.05, 0.1) is 11.4 Å². The molecule has 0 spiro atoms. The smallest absolute Gasteiger partial charge is 0.475 e. The second-order valence-corrected chi connectivity index (χ2v) is 6.80. The average Bonchev–Trinajstić information content (AvgIpc) is 2.67. The normalized spacial score (nSPS) is 12.3. The van der Waals surface area contributed by atoms with Crippen LogP contribution in [0.1, 0.15) is 11.3 Å². The van der Waals surface area contributed by atoms with Crippen LogP contribution in [0.25, 0.3) is 22.4 Å². The fourth-order valence-electron chi connectivity index (χ4n) is 3.07. The molecule has 0 fully saturated rings. The van der Waals surface area contributed by atoms with Crippen molar-refractivity contribution < 1.29 is 27.5 Å².